The number of nitrogens with one attached hydrogen (secondary N) is 2. The number of carboxylic acids is 6. The van der Waals surface area contributed by atoms with Crippen LogP contribution >= 0.6 is 0 Å². The van der Waals surface area contributed by atoms with Gasteiger partial charge in [0, 0.05) is 94.4 Å². The van der Waals surface area contributed by atoms with Crippen molar-refractivity contribution in [2.45, 2.75) is 36.8 Å². The molecule has 0 aliphatic rings. The second-order valence-corrected chi connectivity index (χ2v) is 7.37. The Morgan fingerprint density at radius 3 is 1.31 bits per heavy atom. The smallest absolute Gasteiger partial charge is 0.550 e. The number of carbonyl (C=O) groups is 6. The molecule has 0 atom stereocenters. The quantitative estimate of drug-likeness (QED) is 0.0962. The maximum Gasteiger partial charge on any atom is 3.00 e. The van der Waals surface area contributed by atoms with Crippen LogP contribution in [0.2, 0.25) is 0 Å². The molecule has 4 N–H and O–H groups in total. The molecular formula is C18H24Dy2N4O12. The largest absolute Gasteiger partial charge is 3.00 e. The van der Waals surface area contributed by atoms with Crippen LogP contribution in [-0.4, -0.2) is 91.1 Å². The van der Waals surface area contributed by atoms with Crippen molar-refractivity contribution >= 4 is 35.8 Å². The summed E-state index contributed by atoms with van der Waals surface area (Å²) in [6.07, 6.45) is -5.89. The first-order valence-corrected chi connectivity index (χ1v) is 9.81. The van der Waals surface area contributed by atoms with Crippen LogP contribution in [0.4, 0.5) is 0 Å². The van der Waals surface area contributed by atoms with E-state index >= 15 is 0 Å². The van der Waals surface area contributed by atoms with E-state index in [9.17, 15) is 59.4 Å². The summed E-state index contributed by atoms with van der Waals surface area (Å²) >= 11 is 0. The van der Waals surface area contributed by atoms with Gasteiger partial charge in [0.05, 0.1) is 17.5 Å². The van der Waals surface area contributed by atoms with E-state index in [1.54, 1.807) is 0 Å². The molecule has 0 unspecified atom stereocenters. The van der Waals surface area contributed by atoms with Crippen molar-refractivity contribution < 1.29 is 136 Å². The summed E-state index contributed by atoms with van der Waals surface area (Å²) in [6.45, 7) is -2.86. The minimum absolute atomic E-state index is 0. The summed E-state index contributed by atoms with van der Waals surface area (Å²) in [4.78, 5) is 69.4. The van der Waals surface area contributed by atoms with Gasteiger partial charge in [-0.1, -0.05) is 0 Å². The summed E-state index contributed by atoms with van der Waals surface area (Å²) in [5, 5.41) is 74.4. The number of hydrogen-bond acceptors (Lipinski definition) is 16. The number of rotatable bonds is 20. The monoisotopic (exact) mass is 816 g/mol. The average Bonchev–Trinajstić information content (AvgIpc) is 2.63. The molecule has 0 spiro atoms. The van der Waals surface area contributed by atoms with Gasteiger partial charge in [0.1, 0.15) is 0 Å². The van der Waals surface area contributed by atoms with E-state index in [0.29, 0.717) is 0 Å². The topological polar surface area (TPSA) is 294 Å². The first-order valence-electron chi connectivity index (χ1n) is 9.81. The van der Waals surface area contributed by atoms with Crippen LogP contribution in [0.3, 0.4) is 0 Å². The van der Waals surface area contributed by atoms with Crippen molar-refractivity contribution in [2.75, 3.05) is 39.3 Å². The van der Waals surface area contributed by atoms with Gasteiger partial charge in [-0.25, -0.2) is 0 Å². The zero-order valence-electron chi connectivity index (χ0n) is 18.6. The first-order chi connectivity index (χ1) is 15.7. The standard InChI is InChI=1S/C18H30N4O12.2Dy/c19-1-2-20-3-4-21-17(5-11(23)24,6-12(25)26)18(7-13(27)28,8-14(29)30)22(9-15(31)32)10-16(33)34;;/h20-21H,1-10,19H2,(H,23,24)(H,25,26)(H,27,28)(H,29,30)(H,31,32)(H,33,34);;/q;2*+3/p-6. The normalized spacial score (nSPS) is 11.2. The Morgan fingerprint density at radius 1 is 0.611 bits per heavy atom. The second kappa shape index (κ2) is 19.3. The molecule has 0 bridgehead atoms. The maximum atomic E-state index is 11.6. The van der Waals surface area contributed by atoms with Gasteiger partial charge in [0.15, 0.2) is 0 Å². The average molecular weight is 813 g/mol. The van der Waals surface area contributed by atoms with Crippen molar-refractivity contribution in [1.29, 1.82) is 0 Å². The molecule has 2 radical (unpaired) electrons. The van der Waals surface area contributed by atoms with Gasteiger partial charge in [0.25, 0.3) is 0 Å². The molecule has 0 aliphatic heterocycles. The minimum Gasteiger partial charge on any atom is -0.550 e. The third-order valence-corrected chi connectivity index (χ3v) is 4.99. The zero-order valence-corrected chi connectivity index (χ0v) is 22.7. The summed E-state index contributed by atoms with van der Waals surface area (Å²) in [5.41, 5.74) is -0.260. The molecule has 0 saturated carbocycles. The van der Waals surface area contributed by atoms with Crippen molar-refractivity contribution in [3.8, 4) is 0 Å². The van der Waals surface area contributed by atoms with Crippen molar-refractivity contribution in [3.63, 3.8) is 0 Å². The van der Waals surface area contributed by atoms with E-state index in [0.717, 1.165) is 0 Å². The van der Waals surface area contributed by atoms with E-state index in [1.165, 1.54) is 0 Å². The van der Waals surface area contributed by atoms with Crippen LogP contribution in [-0.2, 0) is 28.8 Å². The Kier molecular flexibility index (Phi) is 21.3. The molecule has 0 heterocycles. The number of carboxylic acid groups (broad SMARTS) is 6. The molecule has 0 fully saturated rings. The molecule has 208 valence electrons. The van der Waals surface area contributed by atoms with Crippen LogP contribution in [0, 0.1) is 76.3 Å². The Labute approximate surface area is 266 Å². The van der Waals surface area contributed by atoms with Gasteiger partial charge in [-0.2, -0.15) is 0 Å². The fourth-order valence-electron chi connectivity index (χ4n) is 3.87. The number of carbonyl (C=O) groups excluding carboxylic acids is 6. The summed E-state index contributed by atoms with van der Waals surface area (Å²) < 4.78 is 0. The molecule has 0 saturated heterocycles. The fraction of sp³-hybridized carbons (Fsp3) is 0.667. The number of hydrogen-bond donors (Lipinski definition) is 3. The van der Waals surface area contributed by atoms with Gasteiger partial charge in [0.2, 0.25) is 0 Å². The zero-order chi connectivity index (χ0) is 26.5. The van der Waals surface area contributed by atoms with Crippen molar-refractivity contribution in [1.82, 2.24) is 15.5 Å². The molecule has 16 nitrogen and oxygen atoms in total. The molecule has 0 aromatic rings. The number of aliphatic carboxylic acids is 6. The van der Waals surface area contributed by atoms with E-state index in [4.69, 9.17) is 5.73 Å². The summed E-state index contributed by atoms with van der Waals surface area (Å²) in [7, 11) is 0. The molecule has 0 aromatic carbocycles. The van der Waals surface area contributed by atoms with Gasteiger partial charge < -0.3 is 75.8 Å². The van der Waals surface area contributed by atoms with Gasteiger partial charge in [-0.05, 0) is 0 Å². The fourth-order valence-corrected chi connectivity index (χ4v) is 3.87. The SMILES string of the molecule is NCCNCCNC(CC(=O)[O-])(CC(=O)[O-])C(CC(=O)[O-])(CC(=O)[O-])N(CC(=O)[O-])CC(=O)[O-].[Dy+3].[Dy+3]. The van der Waals surface area contributed by atoms with E-state index in [1.807, 2.05) is 0 Å². The van der Waals surface area contributed by atoms with E-state index in [2.05, 4.69) is 10.6 Å². The molecular weight excluding hydrogens is 789 g/mol. The third-order valence-electron chi connectivity index (χ3n) is 4.99. The Balaban J connectivity index is -0.00000544. The molecule has 36 heavy (non-hydrogen) atoms. The Hall–Kier alpha value is -0.795. The van der Waals surface area contributed by atoms with Crippen LogP contribution in [0.5, 0.6) is 0 Å². The van der Waals surface area contributed by atoms with Crippen LogP contribution in [0.15, 0.2) is 0 Å². The molecule has 18 heteroatoms. The van der Waals surface area contributed by atoms with Gasteiger partial charge in [-0.15, -0.1) is 0 Å². The minimum atomic E-state index is -2.89. The molecule has 0 amide bonds. The predicted molar refractivity (Wildman–Crippen MR) is 95.5 cm³/mol. The third kappa shape index (κ3) is 13.7. The van der Waals surface area contributed by atoms with Crippen LogP contribution in [0.1, 0.15) is 25.7 Å². The molecule has 0 aromatic heterocycles. The van der Waals surface area contributed by atoms with E-state index < -0.39 is 85.7 Å². The first kappa shape index (κ1) is 39.7. The van der Waals surface area contributed by atoms with Gasteiger partial charge >= 0.3 is 76.3 Å². The maximum absolute atomic E-state index is 11.6. The van der Waals surface area contributed by atoms with Crippen molar-refractivity contribution in [2.24, 2.45) is 5.73 Å². The second-order valence-electron chi connectivity index (χ2n) is 7.37. The van der Waals surface area contributed by atoms with E-state index in [-0.39, 0.29) is 107 Å². The number of nitrogens with zero attached hydrogens (tertiary/aromatic N) is 1. The summed E-state index contributed by atoms with van der Waals surface area (Å²) in [5.74, 6) is -12.2. The van der Waals surface area contributed by atoms with Crippen LogP contribution in [0.25, 0.3) is 0 Å². The molecule has 0 aliphatic carbocycles. The molecule has 0 rings (SSSR count). The Bertz CT molecular complexity index is 735. The van der Waals surface area contributed by atoms with Crippen molar-refractivity contribution in [3.05, 3.63) is 0 Å². The van der Waals surface area contributed by atoms with Gasteiger partial charge in [-0.3, -0.25) is 4.90 Å². The predicted octanol–water partition coefficient (Wildman–Crippen LogP) is -11.0. The Morgan fingerprint density at radius 2 is 1.00 bits per heavy atom. The summed E-state index contributed by atoms with van der Waals surface area (Å²) in [6, 6.07) is 0. The van der Waals surface area contributed by atoms with Crippen LogP contribution < -0.4 is 47.0 Å². The number of nitrogens with two attached hydrogens (primary N) is 1.